The zero-order chi connectivity index (χ0) is 16.8. The Kier molecular flexibility index (Phi) is 7.75. The van der Waals surface area contributed by atoms with Crippen LogP contribution < -0.4 is 5.73 Å². The lowest BCUT2D eigenvalue weighted by Gasteiger charge is -2.25. The van der Waals surface area contributed by atoms with E-state index < -0.39 is 0 Å². The number of aryl methyl sites for hydroxylation is 1. The summed E-state index contributed by atoms with van der Waals surface area (Å²) in [7, 11) is 4.02. The van der Waals surface area contributed by atoms with Gasteiger partial charge in [-0.1, -0.05) is 36.4 Å². The Morgan fingerprint density at radius 1 is 1.04 bits per heavy atom. The predicted molar refractivity (Wildman–Crippen MR) is 103 cm³/mol. The fourth-order valence-corrected chi connectivity index (χ4v) is 2.42. The van der Waals surface area contributed by atoms with Crippen molar-refractivity contribution < 1.29 is 4.79 Å². The Balaban J connectivity index is 0.00000288. The average Bonchev–Trinajstić information content (AvgIpc) is 2.54. The largest absolute Gasteiger partial charge is 0.399 e. The maximum Gasteiger partial charge on any atom is 0.254 e. The highest BCUT2D eigenvalue weighted by atomic mass is 35.5. The molecule has 24 heavy (non-hydrogen) atoms. The third-order valence-corrected chi connectivity index (χ3v) is 3.81. The summed E-state index contributed by atoms with van der Waals surface area (Å²) >= 11 is 0. The third-order valence-electron chi connectivity index (χ3n) is 3.81. The molecule has 1 amide bonds. The smallest absolute Gasteiger partial charge is 0.254 e. The molecule has 0 aliphatic rings. The number of nitrogens with two attached hydrogens (primary N) is 1. The van der Waals surface area contributed by atoms with Gasteiger partial charge in [-0.2, -0.15) is 0 Å². The molecule has 2 aromatic carbocycles. The van der Waals surface area contributed by atoms with Crippen molar-refractivity contribution >= 4 is 24.0 Å². The lowest BCUT2D eigenvalue weighted by molar-refractivity contribution is 0.0731. The molecule has 0 bridgehead atoms. The van der Waals surface area contributed by atoms with Crippen LogP contribution in [-0.2, 0) is 6.54 Å². The molecule has 0 aliphatic carbocycles. The first-order valence-corrected chi connectivity index (χ1v) is 7.81. The summed E-state index contributed by atoms with van der Waals surface area (Å²) in [6.07, 6.45) is 0. The standard InChI is InChI=1S/C19H25N3O.ClH/c1-15-9-10-17(20)13-18(15)19(23)22(12-11-21(2)3)14-16-7-5-4-6-8-16;/h4-10,13H,11-12,14,20H2,1-3H3;1H. The first-order valence-electron chi connectivity index (χ1n) is 7.81. The van der Waals surface area contributed by atoms with Crippen molar-refractivity contribution in [1.82, 2.24) is 9.80 Å². The minimum atomic E-state index is 0. The number of amides is 1. The second kappa shape index (κ2) is 9.30. The molecular weight excluding hydrogens is 322 g/mol. The number of hydrogen-bond donors (Lipinski definition) is 1. The molecule has 2 N–H and O–H groups in total. The highest BCUT2D eigenvalue weighted by molar-refractivity contribution is 5.96. The lowest BCUT2D eigenvalue weighted by atomic mass is 10.1. The SMILES string of the molecule is Cc1ccc(N)cc1C(=O)N(CCN(C)C)Cc1ccccc1.Cl. The van der Waals surface area contributed by atoms with Crippen LogP contribution >= 0.6 is 12.4 Å². The summed E-state index contributed by atoms with van der Waals surface area (Å²) in [5.74, 6) is 0.0282. The van der Waals surface area contributed by atoms with Gasteiger partial charge in [0.2, 0.25) is 0 Å². The van der Waals surface area contributed by atoms with E-state index in [1.54, 1.807) is 6.07 Å². The van der Waals surface area contributed by atoms with E-state index in [1.807, 2.05) is 68.4 Å². The summed E-state index contributed by atoms with van der Waals surface area (Å²) in [4.78, 5) is 17.0. The number of likely N-dealkylation sites (N-methyl/N-ethyl adjacent to an activating group) is 1. The molecule has 130 valence electrons. The van der Waals surface area contributed by atoms with Crippen molar-refractivity contribution in [2.24, 2.45) is 0 Å². The van der Waals surface area contributed by atoms with Gasteiger partial charge in [0, 0.05) is 30.9 Å². The number of nitrogens with zero attached hydrogens (tertiary/aromatic N) is 2. The zero-order valence-electron chi connectivity index (χ0n) is 14.5. The van der Waals surface area contributed by atoms with Crippen LogP contribution in [0.4, 0.5) is 5.69 Å². The minimum Gasteiger partial charge on any atom is -0.399 e. The second-order valence-corrected chi connectivity index (χ2v) is 6.09. The van der Waals surface area contributed by atoms with Gasteiger partial charge in [-0.25, -0.2) is 0 Å². The number of halogens is 1. The van der Waals surface area contributed by atoms with Gasteiger partial charge in [-0.15, -0.1) is 12.4 Å². The molecule has 0 atom stereocenters. The lowest BCUT2D eigenvalue weighted by Crippen LogP contribution is -2.36. The van der Waals surface area contributed by atoms with E-state index in [4.69, 9.17) is 5.73 Å². The molecule has 2 rings (SSSR count). The van der Waals surface area contributed by atoms with Gasteiger partial charge in [0.15, 0.2) is 0 Å². The highest BCUT2D eigenvalue weighted by Gasteiger charge is 2.18. The Hall–Kier alpha value is -2.04. The van der Waals surface area contributed by atoms with Crippen LogP contribution in [0.2, 0.25) is 0 Å². The van der Waals surface area contributed by atoms with Crippen LogP contribution in [0.5, 0.6) is 0 Å². The summed E-state index contributed by atoms with van der Waals surface area (Å²) < 4.78 is 0. The van der Waals surface area contributed by atoms with Crippen LogP contribution in [0.1, 0.15) is 21.5 Å². The molecule has 4 nitrogen and oxygen atoms in total. The first-order chi connectivity index (χ1) is 11.0. The van der Waals surface area contributed by atoms with E-state index in [9.17, 15) is 4.79 Å². The van der Waals surface area contributed by atoms with Gasteiger partial charge in [0.05, 0.1) is 0 Å². The van der Waals surface area contributed by atoms with Crippen molar-refractivity contribution in [3.63, 3.8) is 0 Å². The topological polar surface area (TPSA) is 49.6 Å². The number of anilines is 1. The van der Waals surface area contributed by atoms with E-state index >= 15 is 0 Å². The predicted octanol–water partition coefficient (Wildman–Crippen LogP) is 3.20. The summed E-state index contributed by atoms with van der Waals surface area (Å²) in [5, 5.41) is 0. The number of benzene rings is 2. The van der Waals surface area contributed by atoms with Gasteiger partial charge in [0.25, 0.3) is 5.91 Å². The van der Waals surface area contributed by atoms with Crippen LogP contribution in [0, 0.1) is 6.92 Å². The molecule has 0 saturated heterocycles. The normalized spacial score (nSPS) is 10.3. The van der Waals surface area contributed by atoms with Crippen LogP contribution in [0.15, 0.2) is 48.5 Å². The molecule has 5 heteroatoms. The minimum absolute atomic E-state index is 0. The molecule has 0 aromatic heterocycles. The summed E-state index contributed by atoms with van der Waals surface area (Å²) in [6.45, 7) is 4.04. The van der Waals surface area contributed by atoms with Crippen molar-refractivity contribution in [2.75, 3.05) is 32.9 Å². The number of nitrogen functional groups attached to an aromatic ring is 1. The first kappa shape index (κ1) is 20.0. The van der Waals surface area contributed by atoms with E-state index in [1.165, 1.54) is 0 Å². The Labute approximate surface area is 150 Å². The maximum absolute atomic E-state index is 13.0. The monoisotopic (exact) mass is 347 g/mol. The third kappa shape index (κ3) is 5.55. The highest BCUT2D eigenvalue weighted by Crippen LogP contribution is 2.17. The number of carbonyl (C=O) groups is 1. The van der Waals surface area contributed by atoms with Crippen LogP contribution in [0.3, 0.4) is 0 Å². The summed E-state index contributed by atoms with van der Waals surface area (Å²) in [5.41, 5.74) is 9.24. The van der Waals surface area contributed by atoms with Gasteiger partial charge in [0.1, 0.15) is 0 Å². The summed E-state index contributed by atoms with van der Waals surface area (Å²) in [6, 6.07) is 15.6. The molecule has 2 aromatic rings. The number of carbonyl (C=O) groups excluding carboxylic acids is 1. The molecule has 0 radical (unpaired) electrons. The molecular formula is C19H26ClN3O. The molecule has 0 unspecified atom stereocenters. The molecule has 0 spiro atoms. The van der Waals surface area contributed by atoms with Crippen LogP contribution in [-0.4, -0.2) is 42.9 Å². The van der Waals surface area contributed by atoms with Gasteiger partial charge in [-0.05, 0) is 44.3 Å². The van der Waals surface area contributed by atoms with E-state index in [0.717, 1.165) is 17.7 Å². The van der Waals surface area contributed by atoms with Gasteiger partial charge in [-0.3, -0.25) is 4.79 Å². The van der Waals surface area contributed by atoms with E-state index in [2.05, 4.69) is 4.90 Å². The van der Waals surface area contributed by atoms with Crippen molar-refractivity contribution in [3.05, 3.63) is 65.2 Å². The molecule has 0 aliphatic heterocycles. The molecule has 0 saturated carbocycles. The molecule has 0 fully saturated rings. The number of hydrogen-bond acceptors (Lipinski definition) is 3. The average molecular weight is 348 g/mol. The Morgan fingerprint density at radius 3 is 2.33 bits per heavy atom. The Morgan fingerprint density at radius 2 is 1.71 bits per heavy atom. The quantitative estimate of drug-likeness (QED) is 0.816. The van der Waals surface area contributed by atoms with E-state index in [-0.39, 0.29) is 18.3 Å². The second-order valence-electron chi connectivity index (χ2n) is 6.09. The fourth-order valence-electron chi connectivity index (χ4n) is 2.42. The van der Waals surface area contributed by atoms with Crippen molar-refractivity contribution in [1.29, 1.82) is 0 Å². The fraction of sp³-hybridized carbons (Fsp3) is 0.316. The zero-order valence-corrected chi connectivity index (χ0v) is 15.3. The van der Waals surface area contributed by atoms with Crippen molar-refractivity contribution in [2.45, 2.75) is 13.5 Å². The molecule has 0 heterocycles. The Bertz CT molecular complexity index is 659. The van der Waals surface area contributed by atoms with Gasteiger partial charge < -0.3 is 15.5 Å². The van der Waals surface area contributed by atoms with E-state index in [0.29, 0.717) is 24.3 Å². The van der Waals surface area contributed by atoms with Crippen molar-refractivity contribution in [3.8, 4) is 0 Å². The van der Waals surface area contributed by atoms with Crippen LogP contribution in [0.25, 0.3) is 0 Å². The van der Waals surface area contributed by atoms with Gasteiger partial charge >= 0.3 is 0 Å². The number of rotatable bonds is 6. The maximum atomic E-state index is 13.0.